The van der Waals surface area contributed by atoms with Gasteiger partial charge in [0.2, 0.25) is 0 Å². The Morgan fingerprint density at radius 3 is 1.88 bits per heavy atom. The number of hydrogen-bond donors (Lipinski definition) is 7. The number of aromatic hydroxyl groups is 4. The zero-order valence-electron chi connectivity index (χ0n) is 28.1. The zero-order chi connectivity index (χ0) is 37.2. The fraction of sp³-hybridized carbons (Fsp3) is 0.316. The molecule has 1 aliphatic rings. The molecule has 276 valence electrons. The Morgan fingerprint density at radius 2 is 1.31 bits per heavy atom. The number of carbonyl (C=O) groups is 2. The highest BCUT2D eigenvalue weighted by atomic mass is 16.7. The van der Waals surface area contributed by atoms with Crippen LogP contribution in [-0.4, -0.2) is 81.1 Å². The molecule has 14 heteroatoms. The Morgan fingerprint density at radius 1 is 0.750 bits per heavy atom. The van der Waals surface area contributed by atoms with E-state index >= 15 is 0 Å². The molecule has 1 aliphatic heterocycles. The van der Waals surface area contributed by atoms with Gasteiger partial charge in [0.25, 0.3) is 0 Å². The van der Waals surface area contributed by atoms with Crippen molar-refractivity contribution >= 4 is 11.9 Å². The van der Waals surface area contributed by atoms with Crippen LogP contribution in [0.2, 0.25) is 0 Å². The molecule has 14 nitrogen and oxygen atoms in total. The van der Waals surface area contributed by atoms with Gasteiger partial charge in [-0.1, -0.05) is 72.8 Å². The molecule has 4 aromatic carbocycles. The second-order valence-electron chi connectivity index (χ2n) is 12.4. The van der Waals surface area contributed by atoms with Crippen molar-refractivity contribution in [3.63, 3.8) is 0 Å². The van der Waals surface area contributed by atoms with Crippen molar-refractivity contribution in [3.05, 3.63) is 119 Å². The third kappa shape index (κ3) is 10.4. The predicted octanol–water partition coefficient (Wildman–Crippen LogP) is 2.98. The number of esters is 2. The van der Waals surface area contributed by atoms with Gasteiger partial charge in [0.1, 0.15) is 24.3 Å². The summed E-state index contributed by atoms with van der Waals surface area (Å²) in [6, 6.07) is 23.4. The fourth-order valence-corrected chi connectivity index (χ4v) is 5.55. The van der Waals surface area contributed by atoms with Crippen molar-refractivity contribution in [1.29, 1.82) is 0 Å². The summed E-state index contributed by atoms with van der Waals surface area (Å²) in [6.07, 6.45) is -5.42. The highest BCUT2D eigenvalue weighted by Gasteiger charge is 2.39. The van der Waals surface area contributed by atoms with Crippen LogP contribution in [0.25, 0.3) is 0 Å². The number of hydrogen-bond acceptors (Lipinski definition) is 14. The van der Waals surface area contributed by atoms with Crippen molar-refractivity contribution in [2.24, 2.45) is 11.5 Å². The molecule has 4 aromatic rings. The lowest BCUT2D eigenvalue weighted by Crippen LogP contribution is -2.48. The van der Waals surface area contributed by atoms with Crippen LogP contribution in [0.4, 0.5) is 0 Å². The number of phenols is 4. The van der Waals surface area contributed by atoms with Gasteiger partial charge in [-0.3, -0.25) is 9.59 Å². The van der Waals surface area contributed by atoms with Gasteiger partial charge in [-0.15, -0.1) is 0 Å². The van der Waals surface area contributed by atoms with E-state index in [2.05, 4.69) is 0 Å². The first-order valence-electron chi connectivity index (χ1n) is 16.6. The number of nitrogens with two attached hydrogens (primary N) is 2. The SMILES string of the molecule is NC(Cc1ccc(O)c(O)c1)C(=O)O[C@H](COC(O)c1ccccc1)C[C@@H]1OC(c2ccccc2)OC[C@H]1OC(=O)C(N)Cc1ccc(O)c(O)c1. The molecule has 0 aliphatic carbocycles. The number of carbonyl (C=O) groups excluding carboxylic acids is 2. The van der Waals surface area contributed by atoms with E-state index < -0.39 is 54.9 Å². The van der Waals surface area contributed by atoms with Crippen LogP contribution in [0.15, 0.2) is 97.1 Å². The Kier molecular flexibility index (Phi) is 13.0. The van der Waals surface area contributed by atoms with Crippen molar-refractivity contribution in [1.82, 2.24) is 0 Å². The van der Waals surface area contributed by atoms with Gasteiger partial charge in [-0.25, -0.2) is 0 Å². The Labute approximate surface area is 299 Å². The molecular weight excluding hydrogens is 676 g/mol. The summed E-state index contributed by atoms with van der Waals surface area (Å²) in [4.78, 5) is 26.6. The van der Waals surface area contributed by atoms with Crippen LogP contribution in [-0.2, 0) is 46.1 Å². The number of benzene rings is 4. The first kappa shape index (κ1) is 38.0. The summed E-state index contributed by atoms with van der Waals surface area (Å²) in [5, 5.41) is 49.8. The molecule has 0 bridgehead atoms. The van der Waals surface area contributed by atoms with Gasteiger partial charge in [0.15, 0.2) is 41.7 Å². The number of aliphatic hydroxyl groups is 1. The van der Waals surface area contributed by atoms with E-state index in [0.717, 1.165) is 0 Å². The summed E-state index contributed by atoms with van der Waals surface area (Å²) in [5.74, 6) is -2.99. The summed E-state index contributed by atoms with van der Waals surface area (Å²) in [5.41, 5.74) is 14.5. The Bertz CT molecular complexity index is 1780. The molecule has 1 fully saturated rings. The van der Waals surface area contributed by atoms with Crippen molar-refractivity contribution in [3.8, 4) is 23.0 Å². The maximum absolute atomic E-state index is 13.3. The van der Waals surface area contributed by atoms with E-state index in [0.29, 0.717) is 22.3 Å². The molecule has 1 saturated heterocycles. The third-order valence-corrected chi connectivity index (χ3v) is 8.36. The second kappa shape index (κ2) is 17.8. The first-order chi connectivity index (χ1) is 25.0. The van der Waals surface area contributed by atoms with Crippen LogP contribution < -0.4 is 11.5 Å². The van der Waals surface area contributed by atoms with Gasteiger partial charge in [0.05, 0.1) is 13.2 Å². The Balaban J connectivity index is 1.34. The molecule has 5 rings (SSSR count). The number of ether oxygens (including phenoxy) is 5. The molecule has 52 heavy (non-hydrogen) atoms. The molecule has 0 aromatic heterocycles. The van der Waals surface area contributed by atoms with Crippen molar-refractivity contribution in [2.75, 3.05) is 13.2 Å². The molecule has 0 amide bonds. The summed E-state index contributed by atoms with van der Waals surface area (Å²) < 4.78 is 29.6. The monoisotopic (exact) mass is 718 g/mol. The lowest BCUT2D eigenvalue weighted by atomic mass is 10.0. The normalized spacial score (nSPS) is 19.6. The number of phenolic OH excluding ortho intramolecular Hbond substituents is 4. The predicted molar refractivity (Wildman–Crippen MR) is 185 cm³/mol. The van der Waals surface area contributed by atoms with Crippen LogP contribution in [0.1, 0.15) is 41.3 Å². The minimum absolute atomic E-state index is 0.0133. The molecular formula is C38H42N2O12. The van der Waals surface area contributed by atoms with Crippen LogP contribution in [0.3, 0.4) is 0 Å². The fourth-order valence-electron chi connectivity index (χ4n) is 5.55. The molecule has 1 heterocycles. The van der Waals surface area contributed by atoms with E-state index in [1.807, 2.05) is 18.2 Å². The summed E-state index contributed by atoms with van der Waals surface area (Å²) in [6.45, 7) is -0.420. The minimum Gasteiger partial charge on any atom is -0.504 e. The largest absolute Gasteiger partial charge is 0.504 e. The number of rotatable bonds is 15. The smallest absolute Gasteiger partial charge is 0.323 e. The van der Waals surface area contributed by atoms with Gasteiger partial charge in [0, 0.05) is 17.5 Å². The minimum atomic E-state index is -1.37. The van der Waals surface area contributed by atoms with E-state index in [1.54, 1.807) is 42.5 Å². The summed E-state index contributed by atoms with van der Waals surface area (Å²) >= 11 is 0. The van der Waals surface area contributed by atoms with Gasteiger partial charge in [-0.05, 0) is 48.2 Å². The van der Waals surface area contributed by atoms with Gasteiger partial charge >= 0.3 is 11.9 Å². The average molecular weight is 719 g/mol. The van der Waals surface area contributed by atoms with Crippen molar-refractivity contribution < 1.29 is 58.8 Å². The first-order valence-corrected chi connectivity index (χ1v) is 16.6. The second-order valence-corrected chi connectivity index (χ2v) is 12.4. The quantitative estimate of drug-likeness (QED) is 0.0532. The molecule has 0 saturated carbocycles. The van der Waals surface area contributed by atoms with E-state index in [1.165, 1.54) is 36.4 Å². The molecule has 4 unspecified atom stereocenters. The summed E-state index contributed by atoms with van der Waals surface area (Å²) in [7, 11) is 0. The lowest BCUT2D eigenvalue weighted by molar-refractivity contribution is -0.269. The third-order valence-electron chi connectivity index (χ3n) is 8.36. The van der Waals surface area contributed by atoms with E-state index in [4.69, 9.17) is 35.2 Å². The zero-order valence-corrected chi connectivity index (χ0v) is 28.1. The topological polar surface area (TPSA) is 233 Å². The van der Waals surface area contributed by atoms with Gasteiger partial charge < -0.3 is 60.7 Å². The van der Waals surface area contributed by atoms with E-state index in [-0.39, 0.29) is 55.5 Å². The van der Waals surface area contributed by atoms with Gasteiger partial charge in [-0.2, -0.15) is 0 Å². The molecule has 7 atom stereocenters. The van der Waals surface area contributed by atoms with Crippen LogP contribution >= 0.6 is 0 Å². The van der Waals surface area contributed by atoms with E-state index in [9.17, 15) is 35.1 Å². The highest BCUT2D eigenvalue weighted by Crippen LogP contribution is 2.32. The molecule has 0 spiro atoms. The lowest BCUT2D eigenvalue weighted by Gasteiger charge is -2.38. The standard InChI is InChI=1S/C38H42N2O12/c39-27(15-22-11-13-29(41)31(43)17-22)36(46)50-26(20-48-35(45)24-7-3-1-4-8-24)19-33-34(21-49-38(52-33)25-9-5-2-6-10-25)51-37(47)28(40)16-23-12-14-30(42)32(44)18-23/h1-14,17-18,26-28,33-35,38,41-45H,15-16,19-21,39-40H2/t26-,27?,28?,33-,34+,35?,38?/m0/s1. The molecule has 9 N–H and O–H groups in total. The average Bonchev–Trinajstić information content (AvgIpc) is 3.14. The Hall–Kier alpha value is -5.22. The van der Waals surface area contributed by atoms with Crippen LogP contribution in [0, 0.1) is 0 Å². The highest BCUT2D eigenvalue weighted by molar-refractivity contribution is 5.76. The van der Waals surface area contributed by atoms with Crippen molar-refractivity contribution in [2.45, 2.75) is 62.2 Å². The maximum atomic E-state index is 13.3. The molecule has 0 radical (unpaired) electrons. The maximum Gasteiger partial charge on any atom is 0.323 e. The number of aliphatic hydroxyl groups excluding tert-OH is 1. The van der Waals surface area contributed by atoms with Crippen LogP contribution in [0.5, 0.6) is 23.0 Å².